The van der Waals surface area contributed by atoms with E-state index in [2.05, 4.69) is 10.3 Å². The molecule has 0 spiro atoms. The lowest BCUT2D eigenvalue weighted by atomic mass is 9.97. The second-order valence-corrected chi connectivity index (χ2v) is 10.3. The largest absolute Gasteiger partial charge is 0.325 e. The number of carbonyl (C=O) groups is 1. The lowest BCUT2D eigenvalue weighted by Crippen LogP contribution is -2.24. The number of aryl methyl sites for hydroxylation is 3. The molecule has 0 atom stereocenters. The Morgan fingerprint density at radius 1 is 1.24 bits per heavy atom. The fourth-order valence-corrected chi connectivity index (χ4v) is 5.73. The van der Waals surface area contributed by atoms with Crippen LogP contribution in [-0.2, 0) is 34.0 Å². The van der Waals surface area contributed by atoms with Gasteiger partial charge in [0.15, 0.2) is 9.84 Å². The number of fused-ring (bicyclic) bond motifs is 3. The molecule has 9 heteroatoms. The Morgan fingerprint density at radius 3 is 2.79 bits per heavy atom. The Balaban J connectivity index is 1.53. The minimum absolute atomic E-state index is 0.0392. The van der Waals surface area contributed by atoms with Crippen molar-refractivity contribution < 1.29 is 13.2 Å². The van der Waals surface area contributed by atoms with Crippen molar-refractivity contribution >= 4 is 43.0 Å². The third-order valence-corrected chi connectivity index (χ3v) is 7.44. The van der Waals surface area contributed by atoms with E-state index in [9.17, 15) is 18.0 Å². The summed E-state index contributed by atoms with van der Waals surface area (Å²) in [6, 6.07) is 6.26. The normalized spacial score (nSPS) is 14.0. The van der Waals surface area contributed by atoms with E-state index in [0.29, 0.717) is 5.39 Å². The molecule has 0 saturated heterocycles. The summed E-state index contributed by atoms with van der Waals surface area (Å²) in [5.41, 5.74) is 1.25. The van der Waals surface area contributed by atoms with E-state index in [1.165, 1.54) is 21.8 Å². The molecule has 0 bridgehead atoms. The monoisotopic (exact) mass is 431 g/mol. The maximum absolute atomic E-state index is 12.9. The highest BCUT2D eigenvalue weighted by molar-refractivity contribution is 7.90. The summed E-state index contributed by atoms with van der Waals surface area (Å²) in [5.74, 6) is -0.361. The van der Waals surface area contributed by atoms with Crippen molar-refractivity contribution in [3.05, 3.63) is 51.4 Å². The number of benzene rings is 1. The van der Waals surface area contributed by atoms with Crippen LogP contribution < -0.4 is 10.9 Å². The number of para-hydroxylation sites is 1. The number of amides is 1. The highest BCUT2D eigenvalue weighted by Crippen LogP contribution is 2.33. The van der Waals surface area contributed by atoms with Crippen molar-refractivity contribution in [1.82, 2.24) is 9.55 Å². The molecule has 2 aromatic heterocycles. The lowest BCUT2D eigenvalue weighted by Gasteiger charge is -2.11. The first kappa shape index (κ1) is 19.8. The molecule has 3 aromatic rings. The topological polar surface area (TPSA) is 98.1 Å². The molecule has 2 heterocycles. The summed E-state index contributed by atoms with van der Waals surface area (Å²) >= 11 is 1.59. The maximum atomic E-state index is 12.9. The Kier molecular flexibility index (Phi) is 5.26. The van der Waals surface area contributed by atoms with E-state index < -0.39 is 9.84 Å². The van der Waals surface area contributed by atoms with Crippen LogP contribution >= 0.6 is 11.3 Å². The molecule has 0 radical (unpaired) electrons. The van der Waals surface area contributed by atoms with Crippen LogP contribution in [0.25, 0.3) is 10.2 Å². The number of carbonyl (C=O) groups excluding carboxylic acids is 1. The van der Waals surface area contributed by atoms with E-state index in [1.54, 1.807) is 29.5 Å². The highest BCUT2D eigenvalue weighted by atomic mass is 32.2. The van der Waals surface area contributed by atoms with Crippen molar-refractivity contribution in [2.45, 2.75) is 43.5 Å². The van der Waals surface area contributed by atoms with Gasteiger partial charge in [0.05, 0.1) is 22.3 Å². The molecule has 1 amide bonds. The van der Waals surface area contributed by atoms with Crippen LogP contribution in [-0.4, -0.2) is 30.1 Å². The quantitative estimate of drug-likeness (QED) is 0.670. The van der Waals surface area contributed by atoms with Crippen molar-refractivity contribution in [1.29, 1.82) is 0 Å². The van der Waals surface area contributed by atoms with Crippen molar-refractivity contribution in [3.8, 4) is 0 Å². The molecule has 29 heavy (non-hydrogen) atoms. The van der Waals surface area contributed by atoms with Gasteiger partial charge in [-0.15, -0.1) is 11.3 Å². The Morgan fingerprint density at radius 2 is 2.00 bits per heavy atom. The third kappa shape index (κ3) is 3.97. The molecule has 0 saturated carbocycles. The molecule has 1 aliphatic rings. The molecule has 1 aliphatic carbocycles. The van der Waals surface area contributed by atoms with Crippen LogP contribution in [0.4, 0.5) is 5.69 Å². The Hall–Kier alpha value is -2.52. The average Bonchev–Trinajstić information content (AvgIpc) is 3.06. The predicted molar refractivity (Wildman–Crippen MR) is 113 cm³/mol. The SMILES string of the molecule is CS(=O)(=O)c1ccccc1NC(=O)CCn1cnc2sc3c(c2c1=O)CCCC3. The van der Waals surface area contributed by atoms with Gasteiger partial charge in [-0.2, -0.15) is 0 Å². The summed E-state index contributed by atoms with van der Waals surface area (Å²) in [5, 5.41) is 3.33. The van der Waals surface area contributed by atoms with Gasteiger partial charge in [0, 0.05) is 24.1 Å². The highest BCUT2D eigenvalue weighted by Gasteiger charge is 2.20. The van der Waals surface area contributed by atoms with E-state index in [0.717, 1.165) is 42.3 Å². The fraction of sp³-hybridized carbons (Fsp3) is 0.350. The summed E-state index contributed by atoms with van der Waals surface area (Å²) in [6.45, 7) is 0.180. The van der Waals surface area contributed by atoms with Crippen molar-refractivity contribution in [3.63, 3.8) is 0 Å². The number of anilines is 1. The van der Waals surface area contributed by atoms with Gasteiger partial charge >= 0.3 is 0 Å². The van der Waals surface area contributed by atoms with Crippen LogP contribution in [0.3, 0.4) is 0 Å². The minimum Gasteiger partial charge on any atom is -0.325 e. The first-order chi connectivity index (χ1) is 13.8. The standard InChI is InChI=1S/C20H21N3O4S2/c1-29(26,27)16-9-5-3-7-14(16)22-17(24)10-11-23-12-21-19-18(20(23)25)13-6-2-4-8-15(13)28-19/h3,5,7,9,12H,2,4,6,8,10-11H2,1H3,(H,22,24). The van der Waals surface area contributed by atoms with Crippen LogP contribution in [0.2, 0.25) is 0 Å². The first-order valence-corrected chi connectivity index (χ1v) is 12.1. The number of nitrogens with zero attached hydrogens (tertiary/aromatic N) is 2. The molecule has 152 valence electrons. The zero-order valence-corrected chi connectivity index (χ0v) is 17.6. The first-order valence-electron chi connectivity index (χ1n) is 9.43. The van der Waals surface area contributed by atoms with Gasteiger partial charge in [0.2, 0.25) is 5.91 Å². The van der Waals surface area contributed by atoms with Gasteiger partial charge in [-0.25, -0.2) is 13.4 Å². The van der Waals surface area contributed by atoms with Gasteiger partial charge in [-0.3, -0.25) is 14.2 Å². The maximum Gasteiger partial charge on any atom is 0.262 e. The van der Waals surface area contributed by atoms with E-state index in [1.807, 2.05) is 0 Å². The molecule has 1 aromatic carbocycles. The van der Waals surface area contributed by atoms with E-state index in [-0.39, 0.29) is 35.0 Å². The smallest absolute Gasteiger partial charge is 0.262 e. The molecular weight excluding hydrogens is 410 g/mol. The van der Waals surface area contributed by atoms with Crippen LogP contribution in [0.1, 0.15) is 29.7 Å². The zero-order valence-electron chi connectivity index (χ0n) is 16.0. The average molecular weight is 432 g/mol. The third-order valence-electron chi connectivity index (χ3n) is 5.08. The summed E-state index contributed by atoms with van der Waals surface area (Å²) < 4.78 is 25.2. The number of thiophene rings is 1. The number of nitrogens with one attached hydrogen (secondary N) is 1. The Bertz CT molecular complexity index is 1260. The predicted octanol–water partition coefficient (Wildman–Crippen LogP) is 2.77. The molecule has 4 rings (SSSR count). The van der Waals surface area contributed by atoms with Gasteiger partial charge in [0.25, 0.3) is 5.56 Å². The summed E-state index contributed by atoms with van der Waals surface area (Å²) in [4.78, 5) is 31.8. The number of hydrogen-bond donors (Lipinski definition) is 1. The minimum atomic E-state index is -3.46. The summed E-state index contributed by atoms with van der Waals surface area (Å²) in [6.07, 6.45) is 6.75. The summed E-state index contributed by atoms with van der Waals surface area (Å²) in [7, 11) is -3.46. The number of hydrogen-bond acceptors (Lipinski definition) is 6. The zero-order chi connectivity index (χ0) is 20.6. The van der Waals surface area contributed by atoms with Crippen LogP contribution in [0.5, 0.6) is 0 Å². The molecule has 0 fully saturated rings. The number of rotatable bonds is 5. The molecule has 0 aliphatic heterocycles. The second-order valence-electron chi connectivity index (χ2n) is 7.20. The lowest BCUT2D eigenvalue weighted by molar-refractivity contribution is -0.116. The molecular formula is C20H21N3O4S2. The van der Waals surface area contributed by atoms with Crippen LogP contribution in [0.15, 0.2) is 40.3 Å². The van der Waals surface area contributed by atoms with Crippen molar-refractivity contribution in [2.24, 2.45) is 0 Å². The van der Waals surface area contributed by atoms with E-state index in [4.69, 9.17) is 0 Å². The molecule has 7 nitrogen and oxygen atoms in total. The molecule has 0 unspecified atom stereocenters. The van der Waals surface area contributed by atoms with E-state index >= 15 is 0 Å². The van der Waals surface area contributed by atoms with Gasteiger partial charge in [0.1, 0.15) is 4.83 Å². The fourth-order valence-electron chi connectivity index (χ4n) is 3.67. The second kappa shape index (κ2) is 7.72. The number of aromatic nitrogens is 2. The molecule has 1 N–H and O–H groups in total. The number of sulfone groups is 1. The van der Waals surface area contributed by atoms with Gasteiger partial charge in [-0.05, 0) is 43.4 Å². The van der Waals surface area contributed by atoms with Gasteiger partial charge in [-0.1, -0.05) is 12.1 Å². The van der Waals surface area contributed by atoms with Crippen molar-refractivity contribution in [2.75, 3.05) is 11.6 Å². The Labute approximate surface area is 172 Å². The van der Waals surface area contributed by atoms with Crippen LogP contribution in [0, 0.1) is 0 Å². The van der Waals surface area contributed by atoms with Gasteiger partial charge < -0.3 is 5.32 Å².